The van der Waals surface area contributed by atoms with Gasteiger partial charge in [-0.1, -0.05) is 12.8 Å². The number of fused-ring (bicyclic) bond motifs is 1. The Morgan fingerprint density at radius 3 is 2.43 bits per heavy atom. The summed E-state index contributed by atoms with van der Waals surface area (Å²) < 4.78 is 0. The van der Waals surface area contributed by atoms with Crippen LogP contribution in [0.15, 0.2) is 0 Å². The molecule has 0 aromatic heterocycles. The molecule has 3 aliphatic rings. The molecule has 0 aliphatic heterocycles. The molecule has 3 fully saturated rings. The first kappa shape index (κ1) is 9.21. The molecule has 0 spiro atoms. The van der Waals surface area contributed by atoms with Crippen LogP contribution in [0.2, 0.25) is 0 Å². The lowest BCUT2D eigenvalue weighted by atomic mass is 9.90. The predicted octanol–water partition coefficient (Wildman–Crippen LogP) is 2.81. The minimum atomic E-state index is 0.850. The number of hydrogen-bond acceptors (Lipinski definition) is 1. The van der Waals surface area contributed by atoms with E-state index in [2.05, 4.69) is 12.4 Å². The zero-order valence-corrected chi connectivity index (χ0v) is 9.34. The summed E-state index contributed by atoms with van der Waals surface area (Å²) >= 11 is 0. The van der Waals surface area contributed by atoms with Gasteiger partial charge in [0.15, 0.2) is 0 Å². The van der Waals surface area contributed by atoms with Crippen LogP contribution in [0.5, 0.6) is 0 Å². The second-order valence-electron chi connectivity index (χ2n) is 5.90. The topological polar surface area (TPSA) is 12.0 Å². The van der Waals surface area contributed by atoms with Crippen LogP contribution in [0.25, 0.3) is 0 Å². The highest BCUT2D eigenvalue weighted by Gasteiger charge is 2.47. The summed E-state index contributed by atoms with van der Waals surface area (Å²) in [5.41, 5.74) is 0. The number of hydrogen-bond donors (Lipinski definition) is 1. The van der Waals surface area contributed by atoms with Crippen molar-refractivity contribution in [2.45, 2.75) is 51.0 Å². The highest BCUT2D eigenvalue weighted by molar-refractivity contribution is 4.99. The van der Waals surface area contributed by atoms with Gasteiger partial charge in [-0.25, -0.2) is 0 Å². The normalized spacial score (nSPS) is 42.2. The minimum absolute atomic E-state index is 0.850. The third kappa shape index (κ3) is 1.84. The molecule has 1 N–H and O–H groups in total. The summed E-state index contributed by atoms with van der Waals surface area (Å²) in [6, 6.07) is 0.850. The Morgan fingerprint density at radius 1 is 1.14 bits per heavy atom. The van der Waals surface area contributed by atoms with Crippen molar-refractivity contribution in [1.29, 1.82) is 0 Å². The molecule has 3 rings (SSSR count). The maximum absolute atomic E-state index is 3.57. The van der Waals surface area contributed by atoms with Crippen LogP contribution < -0.4 is 5.32 Å². The average molecular weight is 193 g/mol. The van der Waals surface area contributed by atoms with Crippen molar-refractivity contribution in [1.82, 2.24) is 5.32 Å². The van der Waals surface area contributed by atoms with Crippen LogP contribution in [0.1, 0.15) is 44.9 Å². The summed E-state index contributed by atoms with van der Waals surface area (Å²) in [7, 11) is 2.17. The average Bonchev–Trinajstić information content (AvgIpc) is 3.10. The predicted molar refractivity (Wildman–Crippen MR) is 59.1 cm³/mol. The fourth-order valence-electron chi connectivity index (χ4n) is 3.53. The SMILES string of the molecule is CNC(CCC1CC1)C1CC2CC2C1. The first-order valence-corrected chi connectivity index (χ1v) is 6.54. The third-order valence-electron chi connectivity index (χ3n) is 4.80. The van der Waals surface area contributed by atoms with Crippen molar-refractivity contribution in [3.8, 4) is 0 Å². The monoisotopic (exact) mass is 193 g/mol. The fourth-order valence-corrected chi connectivity index (χ4v) is 3.53. The van der Waals surface area contributed by atoms with Crippen LogP contribution in [0.3, 0.4) is 0 Å². The molecule has 0 radical (unpaired) electrons. The molecule has 0 heterocycles. The first-order chi connectivity index (χ1) is 6.86. The van der Waals surface area contributed by atoms with Crippen LogP contribution in [-0.4, -0.2) is 13.1 Å². The zero-order valence-electron chi connectivity index (χ0n) is 9.34. The highest BCUT2D eigenvalue weighted by Crippen LogP contribution is 2.55. The third-order valence-corrected chi connectivity index (χ3v) is 4.80. The van der Waals surface area contributed by atoms with Gasteiger partial charge in [-0.2, -0.15) is 0 Å². The molecule has 1 heteroatoms. The Morgan fingerprint density at radius 2 is 1.86 bits per heavy atom. The Hall–Kier alpha value is -0.0400. The van der Waals surface area contributed by atoms with Gasteiger partial charge in [0, 0.05) is 6.04 Å². The van der Waals surface area contributed by atoms with Crippen molar-refractivity contribution in [2.24, 2.45) is 23.7 Å². The summed E-state index contributed by atoms with van der Waals surface area (Å²) in [6.45, 7) is 0. The summed E-state index contributed by atoms with van der Waals surface area (Å²) in [5, 5.41) is 3.57. The molecule has 1 nitrogen and oxygen atoms in total. The molecule has 0 amide bonds. The molecule has 3 saturated carbocycles. The summed E-state index contributed by atoms with van der Waals surface area (Å²) in [5.74, 6) is 4.44. The van der Waals surface area contributed by atoms with E-state index < -0.39 is 0 Å². The maximum atomic E-state index is 3.57. The minimum Gasteiger partial charge on any atom is -0.317 e. The van der Waals surface area contributed by atoms with Gasteiger partial charge >= 0.3 is 0 Å². The molecule has 14 heavy (non-hydrogen) atoms. The van der Waals surface area contributed by atoms with Crippen LogP contribution >= 0.6 is 0 Å². The molecule has 80 valence electrons. The lowest BCUT2D eigenvalue weighted by Crippen LogP contribution is -2.33. The Bertz CT molecular complexity index is 199. The van der Waals surface area contributed by atoms with Gasteiger partial charge in [-0.3, -0.25) is 0 Å². The van der Waals surface area contributed by atoms with E-state index in [1.165, 1.54) is 25.7 Å². The van der Waals surface area contributed by atoms with Crippen molar-refractivity contribution >= 4 is 0 Å². The second kappa shape index (κ2) is 3.52. The molecule has 0 saturated heterocycles. The lowest BCUT2D eigenvalue weighted by Gasteiger charge is -2.24. The van der Waals surface area contributed by atoms with Gasteiger partial charge in [0.25, 0.3) is 0 Å². The van der Waals surface area contributed by atoms with Gasteiger partial charge in [-0.05, 0) is 62.8 Å². The van der Waals surface area contributed by atoms with E-state index in [1.807, 2.05) is 0 Å². The van der Waals surface area contributed by atoms with Gasteiger partial charge in [-0.15, -0.1) is 0 Å². The van der Waals surface area contributed by atoms with Crippen LogP contribution in [0, 0.1) is 23.7 Å². The fraction of sp³-hybridized carbons (Fsp3) is 1.00. The Labute approximate surface area is 87.7 Å². The van der Waals surface area contributed by atoms with Gasteiger partial charge in [0.05, 0.1) is 0 Å². The molecule has 3 atom stereocenters. The molecule has 0 aromatic rings. The first-order valence-electron chi connectivity index (χ1n) is 6.54. The van der Waals surface area contributed by atoms with Crippen molar-refractivity contribution < 1.29 is 0 Å². The van der Waals surface area contributed by atoms with Crippen LogP contribution in [-0.2, 0) is 0 Å². The lowest BCUT2D eigenvalue weighted by molar-refractivity contribution is 0.324. The number of nitrogens with one attached hydrogen (secondary N) is 1. The van der Waals surface area contributed by atoms with E-state index in [-0.39, 0.29) is 0 Å². The van der Waals surface area contributed by atoms with Gasteiger partial charge in [0.2, 0.25) is 0 Å². The molecular formula is C13H23N. The van der Waals surface area contributed by atoms with E-state index in [4.69, 9.17) is 0 Å². The van der Waals surface area contributed by atoms with Crippen molar-refractivity contribution in [3.63, 3.8) is 0 Å². The van der Waals surface area contributed by atoms with E-state index in [9.17, 15) is 0 Å². The second-order valence-corrected chi connectivity index (χ2v) is 5.90. The van der Waals surface area contributed by atoms with Crippen LogP contribution in [0.4, 0.5) is 0 Å². The largest absolute Gasteiger partial charge is 0.317 e. The van der Waals surface area contributed by atoms with E-state index >= 15 is 0 Å². The van der Waals surface area contributed by atoms with Crippen molar-refractivity contribution in [2.75, 3.05) is 7.05 Å². The molecule has 0 bridgehead atoms. The van der Waals surface area contributed by atoms with Gasteiger partial charge in [0.1, 0.15) is 0 Å². The van der Waals surface area contributed by atoms with E-state index in [1.54, 1.807) is 19.3 Å². The maximum Gasteiger partial charge on any atom is 0.00926 e. The van der Waals surface area contributed by atoms with Crippen molar-refractivity contribution in [3.05, 3.63) is 0 Å². The zero-order chi connectivity index (χ0) is 9.54. The summed E-state index contributed by atoms with van der Waals surface area (Å²) in [4.78, 5) is 0. The quantitative estimate of drug-likeness (QED) is 0.708. The standard InChI is InChI=1S/C13H23N/c1-14-13(5-4-9-2-3-9)12-7-10-6-11(10)8-12/h9-14H,2-8H2,1H3. The highest BCUT2D eigenvalue weighted by atomic mass is 14.9. The Kier molecular flexibility index (Phi) is 2.31. The smallest absolute Gasteiger partial charge is 0.00926 e. The van der Waals surface area contributed by atoms with E-state index in [0.29, 0.717) is 0 Å². The molecular weight excluding hydrogens is 170 g/mol. The number of rotatable bonds is 5. The molecule has 3 unspecified atom stereocenters. The van der Waals surface area contributed by atoms with E-state index in [0.717, 1.165) is 29.7 Å². The van der Waals surface area contributed by atoms with Gasteiger partial charge < -0.3 is 5.32 Å². The molecule has 3 aliphatic carbocycles. The molecule has 0 aromatic carbocycles. The summed E-state index contributed by atoms with van der Waals surface area (Å²) in [6.07, 6.45) is 10.6. The Balaban J connectivity index is 1.46.